The van der Waals surface area contributed by atoms with Crippen LogP contribution in [0.15, 0.2) is 42.6 Å². The Balaban J connectivity index is 2.34. The number of aryl methyl sites for hydroxylation is 1. The molecule has 0 spiro atoms. The van der Waals surface area contributed by atoms with E-state index in [1.807, 2.05) is 0 Å². The van der Waals surface area contributed by atoms with Crippen LogP contribution in [0.4, 0.5) is 10.7 Å². The first-order valence-electron chi connectivity index (χ1n) is 18.6. The van der Waals surface area contributed by atoms with E-state index in [2.05, 4.69) is 36.6 Å². The van der Waals surface area contributed by atoms with Gasteiger partial charge in [-0.3, -0.25) is 28.8 Å². The molecule has 10 N–H and O–H groups in total. The summed E-state index contributed by atoms with van der Waals surface area (Å²) in [6.07, 6.45) is 1.09. The van der Waals surface area contributed by atoms with Gasteiger partial charge in [0.1, 0.15) is 35.9 Å². The van der Waals surface area contributed by atoms with Gasteiger partial charge in [-0.05, 0) is 85.3 Å². The van der Waals surface area contributed by atoms with Gasteiger partial charge in [-0.1, -0.05) is 30.3 Å². The molecule has 0 aliphatic rings. The molecule has 0 aliphatic carbocycles. The predicted octanol–water partition coefficient (Wildman–Crippen LogP) is 0.643. The van der Waals surface area contributed by atoms with E-state index < -0.39 is 90.0 Å². The predicted molar refractivity (Wildman–Crippen MR) is 208 cm³/mol. The molecule has 1 aromatic carbocycles. The van der Waals surface area contributed by atoms with Gasteiger partial charge >= 0.3 is 18.0 Å². The van der Waals surface area contributed by atoms with Gasteiger partial charge in [-0.25, -0.2) is 14.8 Å². The molecule has 19 heteroatoms. The molecule has 0 saturated heterocycles. The Morgan fingerprint density at radius 1 is 0.754 bits per heavy atom. The SMILES string of the molecule is CC(C)(C)OC(=O)CC(N)C(=O)NC(Cc1ccccc1)C(=O)NC(CCCCNC(=O)OC(C)(C)C)C(=O)NC(CCc1ccnc(N)n1)C(=O)NCC(=O)O. The number of rotatable bonds is 21. The van der Waals surface area contributed by atoms with Crippen LogP contribution in [0.25, 0.3) is 0 Å². The molecule has 0 bridgehead atoms. The molecular weight excluding hydrogens is 742 g/mol. The second-order valence-corrected chi connectivity index (χ2v) is 15.3. The van der Waals surface area contributed by atoms with E-state index in [0.29, 0.717) is 24.1 Å². The number of unbranched alkanes of at least 4 members (excludes halogenated alkanes) is 1. The highest BCUT2D eigenvalue weighted by Gasteiger charge is 2.32. The molecule has 1 aromatic heterocycles. The van der Waals surface area contributed by atoms with Gasteiger partial charge in [-0.15, -0.1) is 0 Å². The van der Waals surface area contributed by atoms with Crippen molar-refractivity contribution in [1.29, 1.82) is 0 Å². The molecule has 0 radical (unpaired) electrons. The minimum absolute atomic E-state index is 0.00436. The first-order valence-corrected chi connectivity index (χ1v) is 18.6. The average Bonchev–Trinajstić information content (AvgIpc) is 3.10. The maximum atomic E-state index is 14.0. The highest BCUT2D eigenvalue weighted by Crippen LogP contribution is 2.12. The summed E-state index contributed by atoms with van der Waals surface area (Å²) in [6, 6.07) is 5.11. The average molecular weight is 800 g/mol. The largest absolute Gasteiger partial charge is 0.480 e. The highest BCUT2D eigenvalue weighted by atomic mass is 16.6. The number of anilines is 1. The van der Waals surface area contributed by atoms with E-state index in [4.69, 9.17) is 26.0 Å². The van der Waals surface area contributed by atoms with Crippen LogP contribution in [-0.2, 0) is 51.1 Å². The van der Waals surface area contributed by atoms with Gasteiger partial charge in [0.05, 0.1) is 12.5 Å². The summed E-state index contributed by atoms with van der Waals surface area (Å²) in [7, 11) is 0. The fraction of sp³-hybridized carbons (Fsp3) is 0.553. The molecule has 1 heterocycles. The lowest BCUT2D eigenvalue weighted by molar-refractivity contribution is -0.156. The van der Waals surface area contributed by atoms with E-state index in [9.17, 15) is 33.6 Å². The molecule has 57 heavy (non-hydrogen) atoms. The summed E-state index contributed by atoms with van der Waals surface area (Å²) in [4.78, 5) is 98.1. The number of nitrogens with two attached hydrogens (primary N) is 2. The fourth-order valence-electron chi connectivity index (χ4n) is 5.18. The number of nitrogens with one attached hydrogen (secondary N) is 5. The van der Waals surface area contributed by atoms with Crippen LogP contribution in [0.1, 0.15) is 84.9 Å². The molecule has 0 aliphatic heterocycles. The first-order chi connectivity index (χ1) is 26.6. The number of carboxylic acid groups (broad SMARTS) is 1. The standard InChI is InChI=1S/C38H57N9O10/c1-37(2,3)56-30(50)21-25(39)31(51)47-28(20-23-12-8-7-9-13-23)34(54)45-26(14-10-11-18-42-36(55)57-38(4,5)6)33(53)46-27(32(52)43-22-29(48)49)16-15-24-17-19-41-35(40)44-24/h7-9,12-13,17,19,25-28H,10-11,14-16,18,20-22,39H2,1-6H3,(H,42,55)(H,43,52)(H,45,54)(H,46,53)(H,47,51)(H,48,49)(H2,40,41,44). The second kappa shape index (κ2) is 22.6. The van der Waals surface area contributed by atoms with Crippen LogP contribution >= 0.6 is 0 Å². The Morgan fingerprint density at radius 2 is 1.35 bits per heavy atom. The molecule has 0 saturated carbocycles. The summed E-state index contributed by atoms with van der Waals surface area (Å²) in [6.45, 7) is 9.63. The molecule has 19 nitrogen and oxygen atoms in total. The zero-order valence-electron chi connectivity index (χ0n) is 33.4. The van der Waals surface area contributed by atoms with Crippen molar-refractivity contribution in [2.24, 2.45) is 5.73 Å². The first kappa shape index (κ1) is 47.3. The molecule has 4 unspecified atom stereocenters. The zero-order chi connectivity index (χ0) is 42.8. The maximum Gasteiger partial charge on any atom is 0.407 e. The lowest BCUT2D eigenvalue weighted by Gasteiger charge is -2.26. The Kier molecular flexibility index (Phi) is 18.8. The van der Waals surface area contributed by atoms with Crippen molar-refractivity contribution in [2.75, 3.05) is 18.8 Å². The smallest absolute Gasteiger partial charge is 0.407 e. The van der Waals surface area contributed by atoms with E-state index in [1.54, 1.807) is 77.9 Å². The molecule has 2 rings (SSSR count). The normalized spacial score (nSPS) is 13.5. The molecular formula is C38H57N9O10. The number of nitrogens with zero attached hydrogens (tertiary/aromatic N) is 2. The Bertz CT molecular complexity index is 1680. The summed E-state index contributed by atoms with van der Waals surface area (Å²) < 4.78 is 10.5. The minimum Gasteiger partial charge on any atom is -0.480 e. The summed E-state index contributed by atoms with van der Waals surface area (Å²) in [5.41, 5.74) is 11.3. The number of carboxylic acids is 1. The van der Waals surface area contributed by atoms with Crippen molar-refractivity contribution in [3.8, 4) is 0 Å². The monoisotopic (exact) mass is 799 g/mol. The third-order valence-corrected chi connectivity index (χ3v) is 7.75. The van der Waals surface area contributed by atoms with Gasteiger partial charge in [0.25, 0.3) is 0 Å². The Morgan fingerprint density at radius 3 is 1.95 bits per heavy atom. The van der Waals surface area contributed by atoms with Gasteiger partial charge < -0.3 is 52.6 Å². The Labute approximate surface area is 332 Å². The molecule has 314 valence electrons. The summed E-state index contributed by atoms with van der Waals surface area (Å²) in [5.74, 6) is -5.19. The zero-order valence-corrected chi connectivity index (χ0v) is 33.4. The van der Waals surface area contributed by atoms with Crippen LogP contribution in [0.3, 0.4) is 0 Å². The molecule has 5 amide bonds. The van der Waals surface area contributed by atoms with E-state index in [-0.39, 0.29) is 38.2 Å². The molecule has 0 fully saturated rings. The number of alkyl carbamates (subject to hydrolysis) is 1. The van der Waals surface area contributed by atoms with Crippen LogP contribution < -0.4 is 38.1 Å². The van der Waals surface area contributed by atoms with Crippen molar-refractivity contribution in [3.05, 3.63) is 53.9 Å². The van der Waals surface area contributed by atoms with Gasteiger partial charge in [-0.2, -0.15) is 0 Å². The second-order valence-electron chi connectivity index (χ2n) is 15.3. The van der Waals surface area contributed by atoms with E-state index in [0.717, 1.165) is 0 Å². The van der Waals surface area contributed by atoms with Crippen LogP contribution in [0.2, 0.25) is 0 Å². The number of esters is 1. The fourth-order valence-corrected chi connectivity index (χ4v) is 5.18. The maximum absolute atomic E-state index is 14.0. The van der Waals surface area contributed by atoms with E-state index in [1.165, 1.54) is 6.20 Å². The lowest BCUT2D eigenvalue weighted by atomic mass is 10.0. The number of aromatic nitrogens is 2. The number of carbonyl (C=O) groups excluding carboxylic acids is 6. The van der Waals surface area contributed by atoms with Gasteiger partial charge in [0.15, 0.2) is 0 Å². The third-order valence-electron chi connectivity index (χ3n) is 7.75. The number of benzene rings is 1. The van der Waals surface area contributed by atoms with E-state index >= 15 is 0 Å². The molecule has 4 atom stereocenters. The number of hydrogen-bond donors (Lipinski definition) is 8. The van der Waals surface area contributed by atoms with Crippen molar-refractivity contribution >= 4 is 47.6 Å². The highest BCUT2D eigenvalue weighted by molar-refractivity contribution is 5.95. The van der Waals surface area contributed by atoms with Crippen molar-refractivity contribution in [1.82, 2.24) is 36.6 Å². The van der Waals surface area contributed by atoms with Crippen LogP contribution in [0, 0.1) is 0 Å². The quantitative estimate of drug-likeness (QED) is 0.0636. The number of aliphatic carboxylic acids is 1. The number of amides is 5. The summed E-state index contributed by atoms with van der Waals surface area (Å²) in [5, 5.41) is 21.9. The number of hydrogen-bond acceptors (Lipinski definition) is 13. The summed E-state index contributed by atoms with van der Waals surface area (Å²) >= 11 is 0. The number of nitrogen functional groups attached to an aromatic ring is 1. The van der Waals surface area contributed by atoms with Crippen LogP contribution in [-0.4, -0.2) is 105 Å². The van der Waals surface area contributed by atoms with Gasteiger partial charge in [0, 0.05) is 24.9 Å². The van der Waals surface area contributed by atoms with Gasteiger partial charge in [0.2, 0.25) is 29.6 Å². The van der Waals surface area contributed by atoms with Crippen molar-refractivity contribution in [3.63, 3.8) is 0 Å². The lowest BCUT2D eigenvalue weighted by Crippen LogP contribution is -2.58. The third kappa shape index (κ3) is 20.1. The number of ether oxygens (including phenoxy) is 2. The van der Waals surface area contributed by atoms with Crippen LogP contribution in [0.5, 0.6) is 0 Å². The minimum atomic E-state index is -1.36. The van der Waals surface area contributed by atoms with Crippen molar-refractivity contribution < 1.29 is 48.1 Å². The number of carbonyl (C=O) groups is 7. The van der Waals surface area contributed by atoms with Crippen molar-refractivity contribution in [2.45, 2.75) is 122 Å². The Hall–Kier alpha value is -5.85. The topological polar surface area (TPSA) is 296 Å². The molecule has 2 aromatic rings.